The number of ether oxygens (including phenoxy) is 2. The van der Waals surface area contributed by atoms with E-state index in [9.17, 15) is 13.2 Å². The lowest BCUT2D eigenvalue weighted by molar-refractivity contribution is -0.131. The SMILES string of the molecule is CCC(C(=O)N(C)Cc1ccc(OC)cc1)N(c1cccc(OC)c1)S(C)(=O)=O. The number of carbonyl (C=O) groups excluding carboxylic acids is 1. The molecule has 0 heterocycles. The molecule has 0 bridgehead atoms. The summed E-state index contributed by atoms with van der Waals surface area (Å²) in [6.45, 7) is 2.15. The van der Waals surface area contributed by atoms with Crippen LogP contribution >= 0.6 is 0 Å². The van der Waals surface area contributed by atoms with Crippen LogP contribution in [0.1, 0.15) is 18.9 Å². The molecule has 2 rings (SSSR count). The highest BCUT2D eigenvalue weighted by atomic mass is 32.2. The van der Waals surface area contributed by atoms with Crippen molar-refractivity contribution in [2.75, 3.05) is 31.8 Å². The number of amides is 1. The highest BCUT2D eigenvalue weighted by Crippen LogP contribution is 2.27. The summed E-state index contributed by atoms with van der Waals surface area (Å²) in [6, 6.07) is 13.2. The Hall–Kier alpha value is -2.74. The van der Waals surface area contributed by atoms with Crippen molar-refractivity contribution >= 4 is 21.6 Å². The fourth-order valence-electron chi connectivity index (χ4n) is 3.13. The van der Waals surface area contributed by atoms with Crippen molar-refractivity contribution in [3.63, 3.8) is 0 Å². The molecule has 0 radical (unpaired) electrons. The van der Waals surface area contributed by atoms with Crippen molar-refractivity contribution in [3.8, 4) is 11.5 Å². The molecule has 1 unspecified atom stereocenters. The van der Waals surface area contributed by atoms with Crippen molar-refractivity contribution < 1.29 is 22.7 Å². The monoisotopic (exact) mass is 420 g/mol. The van der Waals surface area contributed by atoms with E-state index in [1.54, 1.807) is 45.3 Å². The van der Waals surface area contributed by atoms with Gasteiger partial charge in [0.05, 0.1) is 26.2 Å². The van der Waals surface area contributed by atoms with Crippen LogP contribution in [0.15, 0.2) is 48.5 Å². The van der Waals surface area contributed by atoms with Gasteiger partial charge in [-0.25, -0.2) is 8.42 Å². The Morgan fingerprint density at radius 2 is 1.66 bits per heavy atom. The maximum absolute atomic E-state index is 13.2. The first kappa shape index (κ1) is 22.5. The number of benzene rings is 2. The molecule has 0 saturated carbocycles. The summed E-state index contributed by atoms with van der Waals surface area (Å²) >= 11 is 0. The van der Waals surface area contributed by atoms with Gasteiger partial charge in [-0.05, 0) is 36.2 Å². The van der Waals surface area contributed by atoms with Crippen LogP contribution in [0.3, 0.4) is 0 Å². The zero-order valence-corrected chi connectivity index (χ0v) is 18.3. The Morgan fingerprint density at radius 1 is 1.03 bits per heavy atom. The molecule has 0 spiro atoms. The predicted molar refractivity (Wildman–Crippen MR) is 114 cm³/mol. The van der Waals surface area contributed by atoms with Crippen molar-refractivity contribution in [2.24, 2.45) is 0 Å². The van der Waals surface area contributed by atoms with Crippen LogP contribution in [0.25, 0.3) is 0 Å². The Balaban J connectivity index is 2.31. The second-order valence-electron chi connectivity index (χ2n) is 6.73. The van der Waals surface area contributed by atoms with Gasteiger partial charge in [0.2, 0.25) is 15.9 Å². The lowest BCUT2D eigenvalue weighted by Gasteiger charge is -2.33. The van der Waals surface area contributed by atoms with E-state index in [1.165, 1.54) is 16.3 Å². The van der Waals surface area contributed by atoms with Crippen molar-refractivity contribution in [2.45, 2.75) is 25.9 Å². The number of sulfonamides is 1. The second kappa shape index (κ2) is 9.65. The second-order valence-corrected chi connectivity index (χ2v) is 8.59. The van der Waals surface area contributed by atoms with Gasteiger partial charge in [-0.15, -0.1) is 0 Å². The van der Waals surface area contributed by atoms with E-state index in [4.69, 9.17) is 9.47 Å². The third-order valence-electron chi connectivity index (χ3n) is 4.57. The van der Waals surface area contributed by atoms with E-state index in [0.717, 1.165) is 17.6 Å². The number of hydrogen-bond acceptors (Lipinski definition) is 5. The van der Waals surface area contributed by atoms with Crippen LogP contribution in [0, 0.1) is 0 Å². The average Bonchev–Trinajstić information content (AvgIpc) is 2.71. The molecular weight excluding hydrogens is 392 g/mol. The molecule has 7 nitrogen and oxygen atoms in total. The van der Waals surface area contributed by atoms with Gasteiger partial charge in [-0.3, -0.25) is 9.10 Å². The Morgan fingerprint density at radius 3 is 2.17 bits per heavy atom. The van der Waals surface area contributed by atoms with Crippen molar-refractivity contribution in [1.82, 2.24) is 4.90 Å². The molecule has 0 aliphatic carbocycles. The molecule has 0 aromatic heterocycles. The third-order valence-corrected chi connectivity index (χ3v) is 5.75. The molecule has 0 aliphatic heterocycles. The fraction of sp³-hybridized carbons (Fsp3) is 0.381. The van der Waals surface area contributed by atoms with Gasteiger partial charge in [0.1, 0.15) is 17.5 Å². The minimum atomic E-state index is -3.70. The van der Waals surface area contributed by atoms with E-state index in [2.05, 4.69) is 0 Å². The van der Waals surface area contributed by atoms with E-state index >= 15 is 0 Å². The summed E-state index contributed by atoms with van der Waals surface area (Å²) in [5, 5.41) is 0. The Labute approximate surface area is 172 Å². The van der Waals surface area contributed by atoms with Gasteiger partial charge in [0, 0.05) is 19.7 Å². The topological polar surface area (TPSA) is 76.2 Å². The van der Waals surface area contributed by atoms with Gasteiger partial charge < -0.3 is 14.4 Å². The van der Waals surface area contributed by atoms with Gasteiger partial charge in [-0.2, -0.15) is 0 Å². The Bertz CT molecular complexity index is 928. The molecule has 0 saturated heterocycles. The summed E-state index contributed by atoms with van der Waals surface area (Å²) in [4.78, 5) is 14.7. The van der Waals surface area contributed by atoms with E-state index in [-0.39, 0.29) is 5.91 Å². The van der Waals surface area contributed by atoms with Crippen molar-refractivity contribution in [1.29, 1.82) is 0 Å². The lowest BCUT2D eigenvalue weighted by Crippen LogP contribution is -2.49. The average molecular weight is 421 g/mol. The standard InChI is InChI=1S/C21H28N2O5S/c1-6-20(21(24)22(2)15-16-10-12-18(27-3)13-11-16)23(29(5,25)26)17-8-7-9-19(14-17)28-4/h7-14,20H,6,15H2,1-5H3. The molecule has 1 atom stereocenters. The van der Waals surface area contributed by atoms with E-state index in [0.29, 0.717) is 24.4 Å². The predicted octanol–water partition coefficient (Wildman–Crippen LogP) is 2.91. The van der Waals surface area contributed by atoms with E-state index in [1.807, 2.05) is 24.3 Å². The third kappa shape index (κ3) is 5.63. The molecular formula is C21H28N2O5S. The summed E-state index contributed by atoms with van der Waals surface area (Å²) in [7, 11) is 1.07. The zero-order chi connectivity index (χ0) is 21.6. The number of rotatable bonds is 9. The number of methoxy groups -OCH3 is 2. The molecule has 29 heavy (non-hydrogen) atoms. The first-order valence-electron chi connectivity index (χ1n) is 9.22. The number of hydrogen-bond donors (Lipinski definition) is 0. The summed E-state index contributed by atoms with van der Waals surface area (Å²) < 4.78 is 36.7. The zero-order valence-electron chi connectivity index (χ0n) is 17.5. The normalized spacial score (nSPS) is 12.2. The first-order chi connectivity index (χ1) is 13.7. The molecule has 0 fully saturated rings. The van der Waals surface area contributed by atoms with Crippen LogP contribution in [0.2, 0.25) is 0 Å². The highest BCUT2D eigenvalue weighted by molar-refractivity contribution is 7.92. The number of likely N-dealkylation sites (N-methyl/N-ethyl adjacent to an activating group) is 1. The largest absolute Gasteiger partial charge is 0.497 e. The molecule has 1 amide bonds. The van der Waals surface area contributed by atoms with Crippen molar-refractivity contribution in [3.05, 3.63) is 54.1 Å². The molecule has 8 heteroatoms. The molecule has 2 aromatic rings. The maximum atomic E-state index is 13.2. The van der Waals surface area contributed by atoms with Crippen LogP contribution in [-0.4, -0.2) is 52.8 Å². The summed E-state index contributed by atoms with van der Waals surface area (Å²) in [5.41, 5.74) is 1.31. The first-order valence-corrected chi connectivity index (χ1v) is 11.1. The highest BCUT2D eigenvalue weighted by Gasteiger charge is 2.33. The fourth-order valence-corrected chi connectivity index (χ4v) is 4.33. The van der Waals surface area contributed by atoms with Crippen LogP contribution in [-0.2, 0) is 21.4 Å². The minimum Gasteiger partial charge on any atom is -0.497 e. The maximum Gasteiger partial charge on any atom is 0.246 e. The van der Waals surface area contributed by atoms with Gasteiger partial charge >= 0.3 is 0 Å². The summed E-state index contributed by atoms with van der Waals surface area (Å²) in [5.74, 6) is 0.969. The number of carbonyl (C=O) groups is 1. The quantitative estimate of drug-likeness (QED) is 0.623. The molecule has 0 aliphatic rings. The molecule has 158 valence electrons. The molecule has 2 aromatic carbocycles. The smallest absolute Gasteiger partial charge is 0.246 e. The van der Waals surface area contributed by atoms with Crippen LogP contribution < -0.4 is 13.8 Å². The Kier molecular flexibility index (Phi) is 7.50. The number of anilines is 1. The van der Waals surface area contributed by atoms with Gasteiger partial charge in [0.25, 0.3) is 0 Å². The number of nitrogens with zero attached hydrogens (tertiary/aromatic N) is 2. The van der Waals surface area contributed by atoms with Crippen LogP contribution in [0.5, 0.6) is 11.5 Å². The lowest BCUT2D eigenvalue weighted by atomic mass is 10.1. The summed E-state index contributed by atoms with van der Waals surface area (Å²) in [6.07, 6.45) is 1.43. The van der Waals surface area contributed by atoms with Gasteiger partial charge in [-0.1, -0.05) is 25.1 Å². The van der Waals surface area contributed by atoms with Crippen LogP contribution in [0.4, 0.5) is 5.69 Å². The van der Waals surface area contributed by atoms with E-state index < -0.39 is 16.1 Å². The van der Waals surface area contributed by atoms with Gasteiger partial charge in [0.15, 0.2) is 0 Å². The molecule has 0 N–H and O–H groups in total. The minimum absolute atomic E-state index is 0.281.